The smallest absolute Gasteiger partial charge is 0.404 e. The molecule has 0 radical (unpaired) electrons. The van der Waals surface area contributed by atoms with Crippen molar-refractivity contribution in [1.82, 2.24) is 10.3 Å². The number of hydrogen-bond donors (Lipinski definition) is 3. The third-order valence-electron chi connectivity index (χ3n) is 5.79. The van der Waals surface area contributed by atoms with Crippen LogP contribution in [-0.4, -0.2) is 36.1 Å². The van der Waals surface area contributed by atoms with E-state index in [4.69, 9.17) is 5.73 Å². The van der Waals surface area contributed by atoms with Crippen molar-refractivity contribution in [3.05, 3.63) is 46.7 Å². The molecule has 2 aromatic rings. The van der Waals surface area contributed by atoms with Crippen molar-refractivity contribution in [2.45, 2.75) is 56.8 Å². The van der Waals surface area contributed by atoms with E-state index in [-0.39, 0.29) is 0 Å². The molecule has 1 aromatic carbocycles. The third-order valence-corrected chi connectivity index (χ3v) is 6.98. The molecule has 1 aliphatic carbocycles. The summed E-state index contributed by atoms with van der Waals surface area (Å²) in [7, 11) is 1.64. The number of aliphatic imine (C=N–C) groups is 1. The standard InChI is InChI=1S/C23H29F3N4OS/c1-22(31,28-2)19-10-16(17(11-27)12-29-14-23(24,25)26)8-9-18(19)20-13-30-21(32-20)15-6-4-3-5-7-15/h8-13,15,28,31H,3-7,14,27H2,1-2H3/b17-11+,29-12?. The first-order valence-electron chi connectivity index (χ1n) is 10.7. The molecular weight excluding hydrogens is 437 g/mol. The lowest BCUT2D eigenvalue weighted by molar-refractivity contribution is -0.118. The first kappa shape index (κ1) is 24.4. The molecule has 0 bridgehead atoms. The summed E-state index contributed by atoms with van der Waals surface area (Å²) in [5.74, 6) is 0.478. The topological polar surface area (TPSA) is 83.5 Å². The van der Waals surface area contributed by atoms with E-state index in [0.717, 1.165) is 34.5 Å². The molecule has 32 heavy (non-hydrogen) atoms. The Labute approximate surface area is 190 Å². The van der Waals surface area contributed by atoms with Gasteiger partial charge in [-0.3, -0.25) is 10.3 Å². The van der Waals surface area contributed by atoms with Crippen LogP contribution in [0.15, 0.2) is 35.6 Å². The number of alkyl halides is 3. The van der Waals surface area contributed by atoms with Crippen molar-refractivity contribution in [1.29, 1.82) is 0 Å². The summed E-state index contributed by atoms with van der Waals surface area (Å²) in [4.78, 5) is 9.05. The zero-order valence-electron chi connectivity index (χ0n) is 18.2. The number of aromatic nitrogens is 1. The quantitative estimate of drug-likeness (QED) is 0.388. The molecule has 5 nitrogen and oxygen atoms in total. The lowest BCUT2D eigenvalue weighted by Crippen LogP contribution is -2.36. The third kappa shape index (κ3) is 5.96. The fourth-order valence-electron chi connectivity index (χ4n) is 3.89. The number of halogens is 3. The molecule has 174 valence electrons. The molecule has 4 N–H and O–H groups in total. The molecule has 1 fully saturated rings. The lowest BCUT2D eigenvalue weighted by atomic mass is 9.90. The zero-order chi connectivity index (χ0) is 23.4. The van der Waals surface area contributed by atoms with Crippen molar-refractivity contribution in [3.8, 4) is 10.4 Å². The summed E-state index contributed by atoms with van der Waals surface area (Å²) in [6.45, 7) is 0.344. The van der Waals surface area contributed by atoms with Crippen molar-refractivity contribution in [3.63, 3.8) is 0 Å². The second kappa shape index (κ2) is 10.1. The number of allylic oxidation sites excluding steroid dienone is 1. The Kier molecular flexibility index (Phi) is 7.74. The van der Waals surface area contributed by atoms with Crippen molar-refractivity contribution in [2.75, 3.05) is 13.6 Å². The van der Waals surface area contributed by atoms with E-state index in [1.807, 2.05) is 12.3 Å². The van der Waals surface area contributed by atoms with Crippen molar-refractivity contribution >= 4 is 23.1 Å². The number of benzene rings is 1. The second-order valence-corrected chi connectivity index (χ2v) is 9.25. The van der Waals surface area contributed by atoms with E-state index in [9.17, 15) is 18.3 Å². The Bertz CT molecular complexity index is 976. The molecule has 3 rings (SSSR count). The molecule has 0 saturated heterocycles. The Balaban J connectivity index is 1.97. The molecule has 1 saturated carbocycles. The molecule has 1 unspecified atom stereocenters. The maximum Gasteiger partial charge on any atom is 0.407 e. The van der Waals surface area contributed by atoms with Crippen molar-refractivity contribution in [2.24, 2.45) is 10.7 Å². The van der Waals surface area contributed by atoms with Gasteiger partial charge in [0.2, 0.25) is 0 Å². The highest BCUT2D eigenvalue weighted by Crippen LogP contribution is 2.40. The number of rotatable bonds is 7. The van der Waals surface area contributed by atoms with E-state index in [2.05, 4.69) is 15.3 Å². The van der Waals surface area contributed by atoms with Gasteiger partial charge in [0.1, 0.15) is 12.3 Å². The average Bonchev–Trinajstić information content (AvgIpc) is 3.26. The molecule has 1 heterocycles. The molecule has 0 aliphatic heterocycles. The van der Waals surface area contributed by atoms with Crippen LogP contribution in [0.1, 0.15) is 61.1 Å². The summed E-state index contributed by atoms with van der Waals surface area (Å²) in [6.07, 6.45) is 5.77. The first-order valence-corrected chi connectivity index (χ1v) is 11.5. The van der Waals surface area contributed by atoms with Gasteiger partial charge in [0, 0.05) is 41.2 Å². The Morgan fingerprint density at radius 2 is 2.03 bits per heavy atom. The summed E-state index contributed by atoms with van der Waals surface area (Å²) in [6, 6.07) is 5.34. The number of nitrogens with two attached hydrogens (primary N) is 1. The van der Waals surface area contributed by atoms with Gasteiger partial charge in [-0.05, 0) is 38.4 Å². The Hall–Kier alpha value is -2.23. The van der Waals surface area contributed by atoms with E-state index < -0.39 is 18.4 Å². The van der Waals surface area contributed by atoms with Gasteiger partial charge in [0.15, 0.2) is 0 Å². The maximum atomic E-state index is 12.4. The molecule has 0 amide bonds. The monoisotopic (exact) mass is 466 g/mol. The van der Waals surface area contributed by atoms with Crippen LogP contribution in [0.5, 0.6) is 0 Å². The van der Waals surface area contributed by atoms with Crippen LogP contribution in [0.4, 0.5) is 13.2 Å². The van der Waals surface area contributed by atoms with Gasteiger partial charge in [0.25, 0.3) is 0 Å². The van der Waals surface area contributed by atoms with E-state index in [1.165, 1.54) is 25.5 Å². The lowest BCUT2D eigenvalue weighted by Gasteiger charge is -2.26. The number of nitrogens with zero attached hydrogens (tertiary/aromatic N) is 2. The number of thiazole rings is 1. The SMILES string of the molecule is CNC(C)(O)c1cc(/C(C=NCC(F)(F)F)=C/N)ccc1-c1cnc(C2CCCCC2)s1. The highest BCUT2D eigenvalue weighted by Gasteiger charge is 2.28. The van der Waals surface area contributed by atoms with E-state index in [0.29, 0.717) is 22.6 Å². The number of hydrogen-bond acceptors (Lipinski definition) is 6. The summed E-state index contributed by atoms with van der Waals surface area (Å²) < 4.78 is 37.3. The minimum atomic E-state index is -4.39. The van der Waals surface area contributed by atoms with Crippen LogP contribution in [0.2, 0.25) is 0 Å². The highest BCUT2D eigenvalue weighted by molar-refractivity contribution is 7.15. The van der Waals surface area contributed by atoms with Crippen LogP contribution in [0.3, 0.4) is 0 Å². The average molecular weight is 467 g/mol. The molecule has 0 spiro atoms. The summed E-state index contributed by atoms with van der Waals surface area (Å²) >= 11 is 1.63. The molecule has 1 atom stereocenters. The van der Waals surface area contributed by atoms with Gasteiger partial charge in [-0.1, -0.05) is 31.4 Å². The van der Waals surface area contributed by atoms with Crippen LogP contribution < -0.4 is 11.1 Å². The van der Waals surface area contributed by atoms with Gasteiger partial charge in [-0.25, -0.2) is 4.98 Å². The maximum absolute atomic E-state index is 12.4. The van der Waals surface area contributed by atoms with E-state index in [1.54, 1.807) is 37.4 Å². The number of aliphatic hydroxyl groups is 1. The van der Waals surface area contributed by atoms with Crippen LogP contribution in [0.25, 0.3) is 16.0 Å². The van der Waals surface area contributed by atoms with Gasteiger partial charge >= 0.3 is 6.18 Å². The van der Waals surface area contributed by atoms with Crippen LogP contribution in [-0.2, 0) is 5.72 Å². The van der Waals surface area contributed by atoms with Crippen LogP contribution >= 0.6 is 11.3 Å². The Morgan fingerprint density at radius 1 is 1.31 bits per heavy atom. The van der Waals surface area contributed by atoms with Gasteiger partial charge in [-0.2, -0.15) is 13.2 Å². The summed E-state index contributed by atoms with van der Waals surface area (Å²) in [5, 5.41) is 15.0. The number of nitrogens with one attached hydrogen (secondary N) is 1. The van der Waals surface area contributed by atoms with Gasteiger partial charge in [-0.15, -0.1) is 11.3 Å². The predicted molar refractivity (Wildman–Crippen MR) is 124 cm³/mol. The fraction of sp³-hybridized carbons (Fsp3) is 0.478. The predicted octanol–water partition coefficient (Wildman–Crippen LogP) is 5.17. The summed E-state index contributed by atoms with van der Waals surface area (Å²) in [5.41, 5.74) is 6.58. The Morgan fingerprint density at radius 3 is 2.66 bits per heavy atom. The minimum Gasteiger partial charge on any atom is -0.404 e. The first-order chi connectivity index (χ1) is 15.1. The second-order valence-electron chi connectivity index (χ2n) is 8.19. The fourth-order valence-corrected chi connectivity index (χ4v) is 5.01. The highest BCUT2D eigenvalue weighted by atomic mass is 32.1. The zero-order valence-corrected chi connectivity index (χ0v) is 19.1. The van der Waals surface area contributed by atoms with Crippen molar-refractivity contribution < 1.29 is 18.3 Å². The van der Waals surface area contributed by atoms with Crippen LogP contribution in [0, 0.1) is 0 Å². The molecule has 1 aliphatic rings. The normalized spacial score (nSPS) is 18.2. The molecule has 1 aromatic heterocycles. The molecular formula is C23H29F3N4OS. The minimum absolute atomic E-state index is 0.334. The van der Waals surface area contributed by atoms with Gasteiger partial charge < -0.3 is 10.8 Å². The molecule has 9 heteroatoms. The van der Waals surface area contributed by atoms with Gasteiger partial charge in [0.05, 0.1) is 9.88 Å². The largest absolute Gasteiger partial charge is 0.407 e. The van der Waals surface area contributed by atoms with E-state index >= 15 is 0 Å².